The Hall–Kier alpha value is -0.940. The molecule has 0 bridgehead atoms. The molecule has 2 N–H and O–H groups in total. The maximum Gasteiger partial charge on any atom is 0.360 e. The van der Waals surface area contributed by atoms with E-state index in [-0.39, 0.29) is 11.1 Å². The molecule has 19 heavy (non-hydrogen) atoms. The molecule has 0 aliphatic rings. The second-order valence-corrected chi connectivity index (χ2v) is 7.45. The maximum atomic E-state index is 11.5. The van der Waals surface area contributed by atoms with E-state index in [1.165, 1.54) is 17.4 Å². The molecule has 0 aliphatic carbocycles. The predicted molar refractivity (Wildman–Crippen MR) is 74.8 cm³/mol. The van der Waals surface area contributed by atoms with Crippen LogP contribution >= 0.6 is 18.9 Å². The Bertz CT molecular complexity index is 625. The van der Waals surface area contributed by atoms with Crippen LogP contribution in [0.4, 0.5) is 0 Å². The molecule has 0 aromatic carbocycles. The van der Waals surface area contributed by atoms with Crippen molar-refractivity contribution in [3.63, 3.8) is 0 Å². The van der Waals surface area contributed by atoms with Crippen LogP contribution in [0.1, 0.15) is 24.6 Å². The highest BCUT2D eigenvalue weighted by Gasteiger charge is 2.28. The summed E-state index contributed by atoms with van der Waals surface area (Å²) < 4.78 is 17.1. The third kappa shape index (κ3) is 3.34. The topological polar surface area (TPSA) is 83.6 Å². The van der Waals surface area contributed by atoms with Gasteiger partial charge in [-0.3, -0.25) is 4.57 Å². The Morgan fingerprint density at radius 3 is 2.63 bits per heavy atom. The lowest BCUT2D eigenvalue weighted by Crippen LogP contribution is -2.04. The van der Waals surface area contributed by atoms with Crippen molar-refractivity contribution < 1.29 is 18.8 Å². The fourth-order valence-corrected chi connectivity index (χ4v) is 3.13. The van der Waals surface area contributed by atoms with Crippen LogP contribution in [-0.2, 0) is 11.0 Å². The molecule has 0 aliphatic heterocycles. The molecule has 2 aromatic heterocycles. The first-order valence-corrected chi connectivity index (χ1v) is 8.38. The average molecular weight is 301 g/mol. The van der Waals surface area contributed by atoms with Crippen LogP contribution in [0.5, 0.6) is 0 Å². The van der Waals surface area contributed by atoms with Crippen LogP contribution in [0.2, 0.25) is 0 Å². The van der Waals surface area contributed by atoms with E-state index in [9.17, 15) is 14.4 Å². The number of aromatic nitrogens is 1. The van der Waals surface area contributed by atoms with Gasteiger partial charge in [0.1, 0.15) is 16.8 Å². The molecule has 2 aromatic rings. The molecule has 0 unspecified atom stereocenters. The number of hydrogen-bond donors (Lipinski definition) is 2. The maximum absolute atomic E-state index is 11.5. The molecule has 2 heterocycles. The van der Waals surface area contributed by atoms with Crippen LogP contribution in [0, 0.1) is 12.8 Å². The van der Waals surface area contributed by atoms with E-state index in [0.29, 0.717) is 23.8 Å². The van der Waals surface area contributed by atoms with Crippen LogP contribution in [-0.4, -0.2) is 14.8 Å². The zero-order chi connectivity index (χ0) is 14.2. The van der Waals surface area contributed by atoms with Crippen molar-refractivity contribution in [2.24, 2.45) is 5.92 Å². The molecule has 7 heteroatoms. The van der Waals surface area contributed by atoms with Crippen molar-refractivity contribution in [1.29, 1.82) is 0 Å². The third-order valence-corrected chi connectivity index (χ3v) is 4.27. The van der Waals surface area contributed by atoms with E-state index in [2.05, 4.69) is 4.98 Å². The van der Waals surface area contributed by atoms with Gasteiger partial charge in [0, 0.05) is 11.8 Å². The molecule has 0 saturated heterocycles. The summed E-state index contributed by atoms with van der Waals surface area (Å²) >= 11 is 1.42. The second-order valence-electron chi connectivity index (χ2n) is 4.82. The first-order valence-electron chi connectivity index (χ1n) is 5.88. The van der Waals surface area contributed by atoms with Gasteiger partial charge < -0.3 is 14.2 Å². The summed E-state index contributed by atoms with van der Waals surface area (Å²) in [5, 5.41) is 2.49. The summed E-state index contributed by atoms with van der Waals surface area (Å²) in [4.78, 5) is 23.1. The van der Waals surface area contributed by atoms with E-state index >= 15 is 0 Å². The lowest BCUT2D eigenvalue weighted by Gasteiger charge is -2.01. The highest BCUT2D eigenvalue weighted by atomic mass is 32.1. The summed E-state index contributed by atoms with van der Waals surface area (Å²) in [6.45, 7) is 5.88. The van der Waals surface area contributed by atoms with Crippen molar-refractivity contribution in [3.05, 3.63) is 22.2 Å². The molecule has 0 radical (unpaired) electrons. The first kappa shape index (κ1) is 14.5. The highest BCUT2D eigenvalue weighted by molar-refractivity contribution is 7.60. The summed E-state index contributed by atoms with van der Waals surface area (Å²) in [5.41, 5.74) is 0.482. The van der Waals surface area contributed by atoms with Crippen molar-refractivity contribution in [3.8, 4) is 11.5 Å². The second kappa shape index (κ2) is 5.21. The molecule has 0 atom stereocenters. The van der Waals surface area contributed by atoms with Crippen LogP contribution in [0.3, 0.4) is 0 Å². The van der Waals surface area contributed by atoms with Gasteiger partial charge in [0.15, 0.2) is 5.76 Å². The normalized spacial score (nSPS) is 12.3. The van der Waals surface area contributed by atoms with Crippen molar-refractivity contribution in [2.45, 2.75) is 27.2 Å². The number of rotatable bonds is 4. The summed E-state index contributed by atoms with van der Waals surface area (Å²) in [7, 11) is -4.36. The Morgan fingerprint density at radius 1 is 1.47 bits per heavy atom. The molecule has 104 valence electrons. The third-order valence-electron chi connectivity index (χ3n) is 2.54. The van der Waals surface area contributed by atoms with E-state index in [4.69, 9.17) is 4.42 Å². The first-order chi connectivity index (χ1) is 8.77. The van der Waals surface area contributed by atoms with Gasteiger partial charge in [0.25, 0.3) is 0 Å². The van der Waals surface area contributed by atoms with Crippen molar-refractivity contribution >= 4 is 24.2 Å². The zero-order valence-electron chi connectivity index (χ0n) is 11.0. The van der Waals surface area contributed by atoms with Crippen LogP contribution in [0.15, 0.2) is 15.9 Å². The molecule has 2 rings (SSSR count). The lowest BCUT2D eigenvalue weighted by molar-refractivity contribution is 0.387. The van der Waals surface area contributed by atoms with E-state index in [1.54, 1.807) is 5.38 Å². The van der Waals surface area contributed by atoms with E-state index in [0.717, 1.165) is 5.01 Å². The lowest BCUT2D eigenvalue weighted by atomic mass is 10.1. The number of hydrogen-bond acceptors (Lipinski definition) is 4. The van der Waals surface area contributed by atoms with Gasteiger partial charge in [-0.2, -0.15) is 0 Å². The number of nitrogens with zero attached hydrogens (tertiary/aromatic N) is 1. The Balaban J connectivity index is 2.51. The number of furan rings is 1. The minimum atomic E-state index is -4.36. The largest absolute Gasteiger partial charge is 0.458 e. The average Bonchev–Trinajstić information content (AvgIpc) is 2.82. The Kier molecular flexibility index (Phi) is 3.97. The molecule has 0 saturated carbocycles. The van der Waals surface area contributed by atoms with Crippen molar-refractivity contribution in [1.82, 2.24) is 4.98 Å². The Morgan fingerprint density at radius 2 is 2.16 bits per heavy atom. The van der Waals surface area contributed by atoms with Crippen molar-refractivity contribution in [2.75, 3.05) is 0 Å². The molecular weight excluding hydrogens is 285 g/mol. The van der Waals surface area contributed by atoms with Gasteiger partial charge in [-0.1, -0.05) is 13.8 Å². The smallest absolute Gasteiger partial charge is 0.360 e. The summed E-state index contributed by atoms with van der Waals surface area (Å²) in [6.07, 6.45) is 0.635. The minimum Gasteiger partial charge on any atom is -0.458 e. The molecular formula is C12H16NO4PS. The van der Waals surface area contributed by atoms with Gasteiger partial charge >= 0.3 is 7.60 Å². The highest BCUT2D eigenvalue weighted by Crippen LogP contribution is 2.39. The molecule has 5 nitrogen and oxygen atoms in total. The van der Waals surface area contributed by atoms with Gasteiger partial charge in [0.05, 0.1) is 5.01 Å². The quantitative estimate of drug-likeness (QED) is 0.848. The number of thiazole rings is 1. The fraction of sp³-hybridized carbons (Fsp3) is 0.417. The SMILES string of the molecule is Cc1nc(-c2oc(CC(C)C)cc2P(=O)(O)O)cs1. The predicted octanol–water partition coefficient (Wildman–Crippen LogP) is 2.71. The van der Waals surface area contributed by atoms with Crippen LogP contribution < -0.4 is 5.30 Å². The van der Waals surface area contributed by atoms with E-state index < -0.39 is 7.60 Å². The Labute approximate surface area is 115 Å². The van der Waals surface area contributed by atoms with E-state index in [1.807, 2.05) is 20.8 Å². The van der Waals surface area contributed by atoms with Gasteiger partial charge in [-0.05, 0) is 18.9 Å². The zero-order valence-corrected chi connectivity index (χ0v) is 12.7. The fourth-order valence-electron chi connectivity index (χ4n) is 1.80. The molecule has 0 fully saturated rings. The number of aryl methyl sites for hydroxylation is 1. The van der Waals surface area contributed by atoms with Gasteiger partial charge in [-0.25, -0.2) is 4.98 Å². The molecule has 0 spiro atoms. The molecule has 0 amide bonds. The monoisotopic (exact) mass is 301 g/mol. The summed E-state index contributed by atoms with van der Waals surface area (Å²) in [5.74, 6) is 1.11. The standard InChI is InChI=1S/C12H16NO4PS/c1-7(2)4-9-5-11(18(14,15)16)12(17-9)10-6-19-8(3)13-10/h5-7H,4H2,1-3H3,(H2,14,15,16). The van der Waals surface area contributed by atoms with Gasteiger partial charge in [-0.15, -0.1) is 11.3 Å². The van der Waals surface area contributed by atoms with Crippen LogP contribution in [0.25, 0.3) is 11.5 Å². The summed E-state index contributed by atoms with van der Waals surface area (Å²) in [6, 6.07) is 1.45. The minimum absolute atomic E-state index is 0.0755. The van der Waals surface area contributed by atoms with Gasteiger partial charge in [0.2, 0.25) is 0 Å².